The second-order valence-corrected chi connectivity index (χ2v) is 5.04. The Morgan fingerprint density at radius 2 is 1.89 bits per heavy atom. The number of nitrogens with zero attached hydrogens (tertiary/aromatic N) is 3. The molecule has 0 amide bonds. The first-order valence-corrected chi connectivity index (χ1v) is 6.65. The predicted molar refractivity (Wildman–Crippen MR) is 78.6 cm³/mol. The molecule has 0 atom stereocenters. The molecule has 5 nitrogen and oxygen atoms in total. The maximum Gasteiger partial charge on any atom is 0.184 e. The maximum atomic E-state index is 9.72. The fraction of sp³-hybridized carbons (Fsp3) is 0.571. The van der Waals surface area contributed by atoms with Gasteiger partial charge in [0.1, 0.15) is 5.82 Å². The second kappa shape index (κ2) is 6.02. The number of anilines is 1. The average molecular weight is 264 g/mol. The molecule has 2 aromatic rings. The van der Waals surface area contributed by atoms with E-state index in [-0.39, 0.29) is 0 Å². The number of fused-ring (bicyclic) bond motifs is 1. The fourth-order valence-corrected chi connectivity index (χ4v) is 1.68. The number of pyridine rings is 1. The molecular weight excluding hydrogens is 240 g/mol. The molecule has 0 aliphatic heterocycles. The van der Waals surface area contributed by atoms with E-state index < -0.39 is 5.60 Å². The smallest absolute Gasteiger partial charge is 0.184 e. The molecule has 0 radical (unpaired) electrons. The van der Waals surface area contributed by atoms with Crippen LogP contribution >= 0.6 is 0 Å². The van der Waals surface area contributed by atoms with Crippen molar-refractivity contribution in [3.8, 4) is 0 Å². The Balaban J connectivity index is 0.000000861. The van der Waals surface area contributed by atoms with Crippen LogP contribution in [0.2, 0.25) is 0 Å². The van der Waals surface area contributed by atoms with E-state index in [9.17, 15) is 5.11 Å². The Bertz CT molecular complexity index is 540. The van der Waals surface area contributed by atoms with Crippen LogP contribution in [0, 0.1) is 13.8 Å². The minimum absolute atomic E-state index is 0.470. The van der Waals surface area contributed by atoms with Crippen LogP contribution in [0.25, 0.3) is 5.65 Å². The molecule has 0 saturated carbocycles. The zero-order valence-electron chi connectivity index (χ0n) is 12.7. The van der Waals surface area contributed by atoms with Crippen LogP contribution in [-0.4, -0.2) is 31.9 Å². The highest BCUT2D eigenvalue weighted by Gasteiger charge is 2.14. The highest BCUT2D eigenvalue weighted by molar-refractivity contribution is 5.68. The first-order chi connectivity index (χ1) is 8.87. The van der Waals surface area contributed by atoms with E-state index in [0.717, 1.165) is 22.7 Å². The summed E-state index contributed by atoms with van der Waals surface area (Å²) in [4.78, 5) is 0. The van der Waals surface area contributed by atoms with Gasteiger partial charge in [0.2, 0.25) is 0 Å². The van der Waals surface area contributed by atoms with Crippen molar-refractivity contribution in [3.05, 3.63) is 23.7 Å². The zero-order chi connectivity index (χ0) is 14.6. The van der Waals surface area contributed by atoms with E-state index in [1.165, 1.54) is 0 Å². The highest BCUT2D eigenvalue weighted by atomic mass is 16.3. The highest BCUT2D eigenvalue weighted by Crippen LogP contribution is 2.18. The van der Waals surface area contributed by atoms with E-state index in [4.69, 9.17) is 0 Å². The Kier molecular flexibility index (Phi) is 4.89. The molecule has 2 rings (SSSR count). The van der Waals surface area contributed by atoms with Crippen molar-refractivity contribution >= 4 is 11.3 Å². The van der Waals surface area contributed by atoms with Gasteiger partial charge in [-0.1, -0.05) is 13.8 Å². The zero-order valence-corrected chi connectivity index (χ0v) is 12.7. The van der Waals surface area contributed by atoms with Crippen LogP contribution in [0.15, 0.2) is 12.3 Å². The quantitative estimate of drug-likeness (QED) is 0.894. The normalized spacial score (nSPS) is 11.1. The molecule has 0 unspecified atom stereocenters. The molecule has 19 heavy (non-hydrogen) atoms. The minimum atomic E-state index is -0.754. The lowest BCUT2D eigenvalue weighted by Crippen LogP contribution is -2.29. The number of hydrogen-bond acceptors (Lipinski definition) is 4. The lowest BCUT2D eigenvalue weighted by molar-refractivity contribution is 0.0945. The van der Waals surface area contributed by atoms with Gasteiger partial charge in [-0.2, -0.15) is 0 Å². The summed E-state index contributed by atoms with van der Waals surface area (Å²) in [5, 5.41) is 21.1. The van der Waals surface area contributed by atoms with Crippen molar-refractivity contribution in [3.63, 3.8) is 0 Å². The van der Waals surface area contributed by atoms with Gasteiger partial charge in [-0.05, 0) is 39.3 Å². The van der Waals surface area contributed by atoms with Gasteiger partial charge >= 0.3 is 0 Å². The number of hydrogen-bond donors (Lipinski definition) is 2. The summed E-state index contributed by atoms with van der Waals surface area (Å²) in [5.41, 5.74) is 2.05. The third-order valence-electron chi connectivity index (χ3n) is 2.52. The molecule has 0 saturated heterocycles. The number of nitrogens with one attached hydrogen (secondary N) is 1. The molecule has 0 aromatic carbocycles. The molecule has 0 bridgehead atoms. The first kappa shape index (κ1) is 15.4. The maximum absolute atomic E-state index is 9.72. The van der Waals surface area contributed by atoms with Crippen LogP contribution in [0.3, 0.4) is 0 Å². The van der Waals surface area contributed by atoms with Crippen LogP contribution in [0.1, 0.15) is 39.1 Å². The number of aryl methyl sites for hydroxylation is 2. The Morgan fingerprint density at radius 3 is 2.47 bits per heavy atom. The van der Waals surface area contributed by atoms with E-state index in [1.807, 2.05) is 44.4 Å². The Hall–Kier alpha value is -1.62. The third-order valence-corrected chi connectivity index (χ3v) is 2.52. The average Bonchev–Trinajstić information content (AvgIpc) is 2.70. The summed E-state index contributed by atoms with van der Waals surface area (Å²) < 4.78 is 1.95. The molecule has 2 N–H and O–H groups in total. The second-order valence-electron chi connectivity index (χ2n) is 5.04. The van der Waals surface area contributed by atoms with Crippen molar-refractivity contribution in [2.45, 2.75) is 47.1 Å². The number of aliphatic hydroxyl groups is 1. The lowest BCUT2D eigenvalue weighted by Gasteiger charge is -2.19. The molecule has 2 aromatic heterocycles. The molecule has 0 aliphatic carbocycles. The summed E-state index contributed by atoms with van der Waals surface area (Å²) in [6, 6.07) is 2.01. The van der Waals surface area contributed by atoms with Crippen molar-refractivity contribution < 1.29 is 5.11 Å². The third kappa shape index (κ3) is 3.92. The van der Waals surface area contributed by atoms with Gasteiger partial charge in [-0.3, -0.25) is 4.40 Å². The summed E-state index contributed by atoms with van der Waals surface area (Å²) >= 11 is 0. The first-order valence-electron chi connectivity index (χ1n) is 6.65. The molecular formula is C14H24N4O. The van der Waals surface area contributed by atoms with Gasteiger partial charge in [0.25, 0.3) is 0 Å². The van der Waals surface area contributed by atoms with Crippen molar-refractivity contribution in [1.29, 1.82) is 0 Å². The van der Waals surface area contributed by atoms with Gasteiger partial charge in [0.15, 0.2) is 5.65 Å². The van der Waals surface area contributed by atoms with Crippen LogP contribution in [0.4, 0.5) is 5.69 Å². The summed E-state index contributed by atoms with van der Waals surface area (Å²) in [5.74, 6) is 0.856. The lowest BCUT2D eigenvalue weighted by atomic mass is 10.1. The molecule has 0 fully saturated rings. The van der Waals surface area contributed by atoms with Crippen molar-refractivity contribution in [1.82, 2.24) is 14.6 Å². The summed E-state index contributed by atoms with van der Waals surface area (Å²) in [6.45, 7) is 11.9. The molecule has 0 aliphatic rings. The monoisotopic (exact) mass is 264 g/mol. The molecule has 106 valence electrons. The van der Waals surface area contributed by atoms with Crippen LogP contribution in [-0.2, 0) is 0 Å². The van der Waals surface area contributed by atoms with Gasteiger partial charge in [-0.25, -0.2) is 0 Å². The fourth-order valence-electron chi connectivity index (χ4n) is 1.68. The van der Waals surface area contributed by atoms with Gasteiger partial charge in [0, 0.05) is 12.7 Å². The van der Waals surface area contributed by atoms with E-state index >= 15 is 0 Å². The minimum Gasteiger partial charge on any atom is -0.389 e. The summed E-state index contributed by atoms with van der Waals surface area (Å²) in [7, 11) is 0. The predicted octanol–water partition coefficient (Wildman–Crippen LogP) is 2.56. The SMILES string of the molecule is CC.Cc1cc(NCC(C)(C)O)c2nnc(C)n2c1. The standard InChI is InChI=1S/C12H18N4O.C2H6/c1-8-5-10(13-7-12(3,4)17)11-15-14-9(2)16(11)6-8;1-2/h5-6,13,17H,7H2,1-4H3;1-2H3. The molecule has 5 heteroatoms. The number of rotatable bonds is 3. The Labute approximate surface area is 114 Å². The summed E-state index contributed by atoms with van der Waals surface area (Å²) in [6.07, 6.45) is 2.00. The van der Waals surface area contributed by atoms with Gasteiger partial charge in [0.05, 0.1) is 11.3 Å². The molecule has 2 heterocycles. The van der Waals surface area contributed by atoms with Crippen LogP contribution in [0.5, 0.6) is 0 Å². The largest absolute Gasteiger partial charge is 0.389 e. The van der Waals surface area contributed by atoms with E-state index in [2.05, 4.69) is 15.5 Å². The van der Waals surface area contributed by atoms with Crippen molar-refractivity contribution in [2.75, 3.05) is 11.9 Å². The van der Waals surface area contributed by atoms with E-state index in [1.54, 1.807) is 13.8 Å². The number of aromatic nitrogens is 3. The van der Waals surface area contributed by atoms with Crippen LogP contribution < -0.4 is 5.32 Å². The Morgan fingerprint density at radius 1 is 1.26 bits per heavy atom. The van der Waals surface area contributed by atoms with Crippen molar-refractivity contribution in [2.24, 2.45) is 0 Å². The van der Waals surface area contributed by atoms with E-state index in [0.29, 0.717) is 6.54 Å². The molecule has 0 spiro atoms. The van der Waals surface area contributed by atoms with Gasteiger partial charge < -0.3 is 10.4 Å². The topological polar surface area (TPSA) is 62.5 Å². The van der Waals surface area contributed by atoms with Gasteiger partial charge in [-0.15, -0.1) is 10.2 Å².